The predicted molar refractivity (Wildman–Crippen MR) is 86.3 cm³/mol. The molecule has 2 rings (SSSR count). The number of likely N-dealkylation sites (N-methyl/N-ethyl adjacent to an activating group) is 1. The second-order valence-electron chi connectivity index (χ2n) is 4.98. The number of benzene rings is 1. The van der Waals surface area contributed by atoms with Gasteiger partial charge in [0.1, 0.15) is 0 Å². The molecule has 0 aliphatic heterocycles. The number of anilines is 3. The summed E-state index contributed by atoms with van der Waals surface area (Å²) in [6.07, 6.45) is 1.60. The maximum Gasteiger partial charge on any atom is 0.249 e. The van der Waals surface area contributed by atoms with Crippen LogP contribution in [-0.2, 0) is 0 Å². The van der Waals surface area contributed by atoms with E-state index in [9.17, 15) is 0 Å². The van der Waals surface area contributed by atoms with Crippen molar-refractivity contribution >= 4 is 29.1 Å². The molecule has 1 aromatic carbocycles. The van der Waals surface area contributed by atoms with Crippen LogP contribution >= 0.6 is 11.6 Å². The van der Waals surface area contributed by atoms with E-state index in [0.717, 1.165) is 24.3 Å². The van der Waals surface area contributed by atoms with Crippen molar-refractivity contribution in [2.75, 3.05) is 37.8 Å². The van der Waals surface area contributed by atoms with E-state index < -0.39 is 0 Å². The maximum atomic E-state index is 6.00. The molecule has 21 heavy (non-hydrogen) atoms. The van der Waals surface area contributed by atoms with Gasteiger partial charge in [-0.25, -0.2) is 0 Å². The van der Waals surface area contributed by atoms with Crippen molar-refractivity contribution in [3.05, 3.63) is 35.0 Å². The number of aryl methyl sites for hydroxylation is 1. The number of hydrogen-bond donors (Lipinski definition) is 2. The normalized spacial score (nSPS) is 10.7. The Morgan fingerprint density at radius 1 is 1.29 bits per heavy atom. The van der Waals surface area contributed by atoms with Crippen LogP contribution in [0.1, 0.15) is 5.56 Å². The number of rotatable bonds is 6. The van der Waals surface area contributed by atoms with Gasteiger partial charge in [-0.05, 0) is 38.7 Å². The summed E-state index contributed by atoms with van der Waals surface area (Å²) in [5, 5.41) is 14.9. The van der Waals surface area contributed by atoms with Crippen molar-refractivity contribution in [3.63, 3.8) is 0 Å². The molecule has 0 saturated heterocycles. The minimum Gasteiger partial charge on any atom is -0.367 e. The molecule has 0 spiro atoms. The van der Waals surface area contributed by atoms with Crippen molar-refractivity contribution in [1.82, 2.24) is 20.1 Å². The number of nitrogens with one attached hydrogen (secondary N) is 2. The van der Waals surface area contributed by atoms with Gasteiger partial charge in [0, 0.05) is 23.8 Å². The Morgan fingerprint density at radius 3 is 2.86 bits per heavy atom. The van der Waals surface area contributed by atoms with E-state index >= 15 is 0 Å². The van der Waals surface area contributed by atoms with Gasteiger partial charge < -0.3 is 15.5 Å². The van der Waals surface area contributed by atoms with Gasteiger partial charge in [-0.1, -0.05) is 17.7 Å². The molecule has 0 saturated carbocycles. The summed E-state index contributed by atoms with van der Waals surface area (Å²) in [6, 6.07) is 5.63. The summed E-state index contributed by atoms with van der Waals surface area (Å²) in [6.45, 7) is 3.70. The van der Waals surface area contributed by atoms with Crippen molar-refractivity contribution in [2.45, 2.75) is 6.92 Å². The first-order chi connectivity index (χ1) is 10.0. The van der Waals surface area contributed by atoms with Crippen LogP contribution in [-0.4, -0.2) is 47.3 Å². The van der Waals surface area contributed by atoms with Gasteiger partial charge in [0.15, 0.2) is 5.82 Å². The van der Waals surface area contributed by atoms with Crippen LogP contribution in [0.3, 0.4) is 0 Å². The molecule has 2 aromatic rings. The van der Waals surface area contributed by atoms with E-state index in [-0.39, 0.29) is 0 Å². The van der Waals surface area contributed by atoms with Crippen LogP contribution in [0.15, 0.2) is 24.4 Å². The minimum absolute atomic E-state index is 0.440. The lowest BCUT2D eigenvalue weighted by Gasteiger charge is -2.11. The standard InChI is InChI=1S/C14H19ClN6/c1-10-4-5-11(15)8-12(10)18-14-19-13(9-17-20-14)16-6-7-21(2)3/h4-5,8-9H,6-7H2,1-3H3,(H2,16,18,19,20). The number of aromatic nitrogens is 3. The number of nitrogens with zero attached hydrogens (tertiary/aromatic N) is 4. The summed E-state index contributed by atoms with van der Waals surface area (Å²) in [5.74, 6) is 1.13. The molecule has 0 aliphatic carbocycles. The second-order valence-corrected chi connectivity index (χ2v) is 5.42. The first-order valence-corrected chi connectivity index (χ1v) is 7.04. The van der Waals surface area contributed by atoms with Crippen LogP contribution in [0, 0.1) is 6.92 Å². The van der Waals surface area contributed by atoms with Crippen molar-refractivity contribution in [1.29, 1.82) is 0 Å². The quantitative estimate of drug-likeness (QED) is 0.855. The highest BCUT2D eigenvalue weighted by Crippen LogP contribution is 2.22. The monoisotopic (exact) mass is 306 g/mol. The number of hydrogen-bond acceptors (Lipinski definition) is 6. The Labute approximate surface area is 129 Å². The summed E-state index contributed by atoms with van der Waals surface area (Å²) >= 11 is 6.00. The lowest BCUT2D eigenvalue weighted by atomic mass is 10.2. The van der Waals surface area contributed by atoms with Gasteiger partial charge in [-0.2, -0.15) is 10.1 Å². The lowest BCUT2D eigenvalue weighted by molar-refractivity contribution is 0.425. The number of halogens is 1. The van der Waals surface area contributed by atoms with Gasteiger partial charge >= 0.3 is 0 Å². The molecular weight excluding hydrogens is 288 g/mol. The third-order valence-corrected chi connectivity index (χ3v) is 3.11. The fraction of sp³-hybridized carbons (Fsp3) is 0.357. The molecule has 1 aromatic heterocycles. The predicted octanol–water partition coefficient (Wildman–Crippen LogP) is 2.55. The third-order valence-electron chi connectivity index (χ3n) is 2.87. The van der Waals surface area contributed by atoms with Gasteiger partial charge in [-0.15, -0.1) is 5.10 Å². The summed E-state index contributed by atoms with van der Waals surface area (Å²) in [7, 11) is 4.05. The topological polar surface area (TPSA) is 66.0 Å². The lowest BCUT2D eigenvalue weighted by Crippen LogP contribution is -2.21. The Kier molecular flexibility index (Phi) is 5.30. The van der Waals surface area contributed by atoms with Crippen molar-refractivity contribution in [2.24, 2.45) is 0 Å². The van der Waals surface area contributed by atoms with E-state index in [0.29, 0.717) is 16.8 Å². The van der Waals surface area contributed by atoms with Crippen LogP contribution in [0.25, 0.3) is 0 Å². The molecule has 7 heteroatoms. The Hall–Kier alpha value is -1.92. The van der Waals surface area contributed by atoms with Crippen molar-refractivity contribution in [3.8, 4) is 0 Å². The van der Waals surface area contributed by atoms with Crippen LogP contribution < -0.4 is 10.6 Å². The smallest absolute Gasteiger partial charge is 0.249 e. The molecule has 0 bridgehead atoms. The van der Waals surface area contributed by atoms with Gasteiger partial charge in [0.25, 0.3) is 0 Å². The Morgan fingerprint density at radius 2 is 2.10 bits per heavy atom. The third kappa shape index (κ3) is 4.84. The van der Waals surface area contributed by atoms with Crippen LogP contribution in [0.5, 0.6) is 0 Å². The summed E-state index contributed by atoms with van der Waals surface area (Å²) in [5.41, 5.74) is 1.93. The highest BCUT2D eigenvalue weighted by Gasteiger charge is 2.04. The molecule has 112 valence electrons. The molecule has 0 radical (unpaired) electrons. The van der Waals surface area contributed by atoms with E-state index in [1.807, 2.05) is 39.2 Å². The van der Waals surface area contributed by atoms with Crippen LogP contribution in [0.2, 0.25) is 5.02 Å². The van der Waals surface area contributed by atoms with Gasteiger partial charge in [-0.3, -0.25) is 0 Å². The fourth-order valence-electron chi connectivity index (χ4n) is 1.70. The largest absolute Gasteiger partial charge is 0.367 e. The first kappa shape index (κ1) is 15.5. The van der Waals surface area contributed by atoms with E-state index in [1.165, 1.54) is 0 Å². The Balaban J connectivity index is 2.05. The average molecular weight is 307 g/mol. The van der Waals surface area contributed by atoms with E-state index in [4.69, 9.17) is 11.6 Å². The van der Waals surface area contributed by atoms with E-state index in [2.05, 4.69) is 30.7 Å². The highest BCUT2D eigenvalue weighted by molar-refractivity contribution is 6.30. The molecule has 0 atom stereocenters. The van der Waals surface area contributed by atoms with Crippen molar-refractivity contribution < 1.29 is 0 Å². The molecule has 0 fully saturated rings. The highest BCUT2D eigenvalue weighted by atomic mass is 35.5. The first-order valence-electron chi connectivity index (χ1n) is 6.66. The zero-order chi connectivity index (χ0) is 15.2. The fourth-order valence-corrected chi connectivity index (χ4v) is 1.87. The minimum atomic E-state index is 0.440. The van der Waals surface area contributed by atoms with Crippen LogP contribution in [0.4, 0.5) is 17.5 Å². The second kappa shape index (κ2) is 7.19. The van der Waals surface area contributed by atoms with Gasteiger partial charge in [0.05, 0.1) is 6.20 Å². The molecule has 6 nitrogen and oxygen atoms in total. The molecule has 1 heterocycles. The summed E-state index contributed by atoms with van der Waals surface area (Å²) in [4.78, 5) is 6.47. The SMILES string of the molecule is Cc1ccc(Cl)cc1Nc1nncc(NCCN(C)C)n1. The molecule has 0 amide bonds. The maximum absolute atomic E-state index is 6.00. The molecule has 0 unspecified atom stereocenters. The van der Waals surface area contributed by atoms with Gasteiger partial charge in [0.2, 0.25) is 5.95 Å². The molecule has 2 N–H and O–H groups in total. The molecular formula is C14H19ClN6. The molecule has 0 aliphatic rings. The zero-order valence-electron chi connectivity index (χ0n) is 12.4. The average Bonchev–Trinajstić information content (AvgIpc) is 2.43. The zero-order valence-corrected chi connectivity index (χ0v) is 13.1. The Bertz CT molecular complexity index is 602. The van der Waals surface area contributed by atoms with E-state index in [1.54, 1.807) is 6.20 Å². The summed E-state index contributed by atoms with van der Waals surface area (Å²) < 4.78 is 0.